The lowest BCUT2D eigenvalue weighted by Crippen LogP contribution is -2.53. The smallest absolute Gasteiger partial charge is 0.406 e. The molecule has 1 unspecified atom stereocenters. The average molecular weight is 454 g/mol. The molecule has 5 rings (SSSR count). The number of hydrogen-bond donors (Lipinski definition) is 3. The van der Waals surface area contributed by atoms with Crippen LogP contribution >= 0.6 is 0 Å². The van der Waals surface area contributed by atoms with E-state index in [4.69, 9.17) is 0 Å². The zero-order chi connectivity index (χ0) is 22.9. The van der Waals surface area contributed by atoms with Crippen molar-refractivity contribution in [2.45, 2.75) is 57.4 Å². The van der Waals surface area contributed by atoms with E-state index in [1.165, 1.54) is 31.4 Å². The Hall–Kier alpha value is -2.29. The van der Waals surface area contributed by atoms with Gasteiger partial charge in [0.1, 0.15) is 5.75 Å². The summed E-state index contributed by atoms with van der Waals surface area (Å²) in [5.74, 6) is 1.40. The summed E-state index contributed by atoms with van der Waals surface area (Å²) in [5.41, 5.74) is 0.110. The summed E-state index contributed by atoms with van der Waals surface area (Å²) in [5, 5.41) is 15.7. The Balaban J connectivity index is 1.17. The molecule has 2 amide bonds. The second-order valence-electron chi connectivity index (χ2n) is 9.64. The molecule has 9 heteroatoms. The molecule has 32 heavy (non-hydrogen) atoms. The molecule has 0 aliphatic heterocycles. The number of aliphatic hydroxyl groups excluding tert-OH is 1. The number of halogens is 3. The molecule has 176 valence electrons. The molecule has 1 aromatic rings. The van der Waals surface area contributed by atoms with Crippen LogP contribution in [0.1, 0.15) is 56.6 Å². The fourth-order valence-corrected chi connectivity index (χ4v) is 6.17. The Labute approximate surface area is 184 Å². The van der Waals surface area contributed by atoms with Gasteiger partial charge in [0.25, 0.3) is 0 Å². The van der Waals surface area contributed by atoms with E-state index >= 15 is 0 Å². The van der Waals surface area contributed by atoms with Crippen molar-refractivity contribution in [1.29, 1.82) is 0 Å². The Kier molecular flexibility index (Phi) is 6.38. The summed E-state index contributed by atoms with van der Waals surface area (Å²) >= 11 is 0. The van der Waals surface area contributed by atoms with Crippen molar-refractivity contribution in [3.8, 4) is 5.75 Å². The minimum atomic E-state index is -4.78. The first kappa shape index (κ1) is 22.9. The lowest BCUT2D eigenvalue weighted by atomic mass is 9.49. The molecule has 4 aliphatic rings. The molecule has 0 saturated heterocycles. The maximum atomic E-state index is 12.9. The second kappa shape index (κ2) is 8.92. The van der Waals surface area contributed by atoms with Gasteiger partial charge in [-0.15, -0.1) is 13.2 Å². The largest absolute Gasteiger partial charge is 0.573 e. The third-order valence-electron chi connectivity index (χ3n) is 7.15. The molecule has 1 atom stereocenters. The number of amides is 2. The van der Waals surface area contributed by atoms with Gasteiger partial charge in [0, 0.05) is 24.9 Å². The fraction of sp³-hybridized carbons (Fsp3) is 0.652. The highest BCUT2D eigenvalue weighted by molar-refractivity contribution is 5.84. The minimum absolute atomic E-state index is 0.0746. The molecule has 3 N–H and O–H groups in total. The van der Waals surface area contributed by atoms with Crippen LogP contribution < -0.4 is 15.4 Å². The monoisotopic (exact) mass is 454 g/mol. The molecule has 0 aromatic heterocycles. The van der Waals surface area contributed by atoms with Crippen molar-refractivity contribution in [2.24, 2.45) is 23.2 Å². The van der Waals surface area contributed by atoms with Gasteiger partial charge in [0.15, 0.2) is 0 Å². The summed E-state index contributed by atoms with van der Waals surface area (Å²) in [7, 11) is 0. The van der Waals surface area contributed by atoms with E-state index in [2.05, 4.69) is 15.4 Å². The van der Waals surface area contributed by atoms with Crippen molar-refractivity contribution in [2.75, 3.05) is 13.1 Å². The molecule has 4 aliphatic carbocycles. The summed E-state index contributed by atoms with van der Waals surface area (Å²) in [4.78, 5) is 25.0. The molecule has 4 saturated carbocycles. The van der Waals surface area contributed by atoms with Crippen molar-refractivity contribution >= 4 is 11.8 Å². The Bertz CT molecular complexity index is 805. The molecule has 0 heterocycles. The van der Waals surface area contributed by atoms with Gasteiger partial charge in [-0.05, 0) is 74.0 Å². The van der Waals surface area contributed by atoms with Gasteiger partial charge < -0.3 is 20.5 Å². The van der Waals surface area contributed by atoms with Gasteiger partial charge in [-0.1, -0.05) is 12.1 Å². The fourth-order valence-electron chi connectivity index (χ4n) is 6.17. The van der Waals surface area contributed by atoms with E-state index in [1.807, 2.05) is 0 Å². The summed E-state index contributed by atoms with van der Waals surface area (Å²) in [6.07, 6.45) is 0.935. The van der Waals surface area contributed by atoms with E-state index in [9.17, 15) is 27.9 Å². The van der Waals surface area contributed by atoms with Crippen LogP contribution in [0, 0.1) is 23.2 Å². The third kappa shape index (κ3) is 5.36. The van der Waals surface area contributed by atoms with Gasteiger partial charge in [0.05, 0.1) is 6.10 Å². The van der Waals surface area contributed by atoms with Crippen LogP contribution in [0.25, 0.3) is 0 Å². The van der Waals surface area contributed by atoms with Crippen molar-refractivity contribution in [3.05, 3.63) is 29.8 Å². The lowest BCUT2D eigenvalue weighted by Gasteiger charge is -2.55. The summed E-state index contributed by atoms with van der Waals surface area (Å²) in [6, 6.07) is 4.83. The van der Waals surface area contributed by atoms with Crippen molar-refractivity contribution < 1.29 is 32.6 Å². The summed E-state index contributed by atoms with van der Waals surface area (Å²) in [6.45, 7) is 0.160. The van der Waals surface area contributed by atoms with Crippen LogP contribution in [-0.2, 0) is 9.59 Å². The molecule has 0 spiro atoms. The minimum Gasteiger partial charge on any atom is -0.406 e. The molecule has 4 fully saturated rings. The standard InChI is InChI=1S/C23H29F3N2O4/c24-23(25,26)32-18-3-1-17(2-4-18)19(29)13-28-20(30)5-6-27-21(31)22-10-14-7-15(11-22)9-16(8-14)12-22/h1-4,14-16,19,29H,5-13H2,(H,27,31)(H,28,30). The number of nitrogens with one attached hydrogen (secondary N) is 2. The van der Waals surface area contributed by atoms with Crippen molar-refractivity contribution in [1.82, 2.24) is 10.6 Å². The van der Waals surface area contributed by atoms with E-state index in [1.54, 1.807) is 0 Å². The number of carbonyl (C=O) groups is 2. The predicted octanol–water partition coefficient (Wildman–Crippen LogP) is 3.46. The first-order valence-corrected chi connectivity index (χ1v) is 11.2. The zero-order valence-electron chi connectivity index (χ0n) is 17.8. The lowest BCUT2D eigenvalue weighted by molar-refractivity contribution is -0.274. The van der Waals surface area contributed by atoms with E-state index in [0.717, 1.165) is 31.4 Å². The molecular formula is C23H29F3N2O4. The van der Waals surface area contributed by atoms with Crippen LogP contribution in [-0.4, -0.2) is 36.4 Å². The van der Waals surface area contributed by atoms with Gasteiger partial charge >= 0.3 is 6.36 Å². The van der Waals surface area contributed by atoms with Gasteiger partial charge in [-0.2, -0.15) is 0 Å². The average Bonchev–Trinajstić information content (AvgIpc) is 2.70. The second-order valence-corrected chi connectivity index (χ2v) is 9.64. The molecule has 0 radical (unpaired) electrons. The van der Waals surface area contributed by atoms with Crippen LogP contribution in [0.2, 0.25) is 0 Å². The number of alkyl halides is 3. The molecular weight excluding hydrogens is 425 g/mol. The van der Waals surface area contributed by atoms with Crippen molar-refractivity contribution in [3.63, 3.8) is 0 Å². The first-order chi connectivity index (χ1) is 15.1. The maximum Gasteiger partial charge on any atom is 0.573 e. The van der Waals surface area contributed by atoms with Crippen LogP contribution in [0.15, 0.2) is 24.3 Å². The Morgan fingerprint density at radius 2 is 1.59 bits per heavy atom. The van der Waals surface area contributed by atoms with Crippen LogP contribution in [0.5, 0.6) is 5.75 Å². The van der Waals surface area contributed by atoms with Crippen LogP contribution in [0.4, 0.5) is 13.2 Å². The number of hydrogen-bond acceptors (Lipinski definition) is 4. The normalized spacial score (nSPS) is 29.4. The Morgan fingerprint density at radius 3 is 2.12 bits per heavy atom. The van der Waals surface area contributed by atoms with E-state index < -0.39 is 12.5 Å². The highest BCUT2D eigenvalue weighted by atomic mass is 19.4. The third-order valence-corrected chi connectivity index (χ3v) is 7.15. The predicted molar refractivity (Wildman–Crippen MR) is 109 cm³/mol. The highest BCUT2D eigenvalue weighted by Gasteiger charge is 2.54. The van der Waals surface area contributed by atoms with Gasteiger partial charge in [0.2, 0.25) is 11.8 Å². The molecule has 6 nitrogen and oxygen atoms in total. The number of benzene rings is 1. The quantitative estimate of drug-likeness (QED) is 0.562. The molecule has 4 bridgehead atoms. The first-order valence-electron chi connectivity index (χ1n) is 11.2. The topological polar surface area (TPSA) is 87.7 Å². The highest BCUT2D eigenvalue weighted by Crippen LogP contribution is 2.60. The summed E-state index contributed by atoms with van der Waals surface area (Å²) < 4.78 is 40.4. The van der Waals surface area contributed by atoms with Gasteiger partial charge in [-0.3, -0.25) is 9.59 Å². The number of ether oxygens (including phenoxy) is 1. The zero-order valence-corrected chi connectivity index (χ0v) is 17.8. The molecule has 1 aromatic carbocycles. The SMILES string of the molecule is O=C(CCNC(=O)C12CC3CC(CC(C3)C1)C2)NCC(O)c1ccc(OC(F)(F)F)cc1. The van der Waals surface area contributed by atoms with E-state index in [-0.39, 0.29) is 42.5 Å². The van der Waals surface area contributed by atoms with Crippen LogP contribution in [0.3, 0.4) is 0 Å². The van der Waals surface area contributed by atoms with E-state index in [0.29, 0.717) is 23.3 Å². The Morgan fingerprint density at radius 1 is 1.03 bits per heavy atom. The number of rotatable bonds is 8. The van der Waals surface area contributed by atoms with Gasteiger partial charge in [-0.25, -0.2) is 0 Å². The maximum absolute atomic E-state index is 12.9. The number of carbonyl (C=O) groups excluding carboxylic acids is 2. The number of aliphatic hydroxyl groups is 1.